The molecule has 0 aromatic heterocycles. The van der Waals surface area contributed by atoms with Crippen LogP contribution in [0.3, 0.4) is 0 Å². The van der Waals surface area contributed by atoms with Gasteiger partial charge in [0.25, 0.3) is 0 Å². The molecule has 0 saturated carbocycles. The summed E-state index contributed by atoms with van der Waals surface area (Å²) in [5, 5.41) is 0. The highest BCUT2D eigenvalue weighted by Gasteiger charge is 2.15. The maximum atomic E-state index is 8.69. The van der Waals surface area contributed by atoms with Crippen LogP contribution < -0.4 is 0 Å². The van der Waals surface area contributed by atoms with E-state index in [2.05, 4.69) is 20.8 Å². The van der Waals surface area contributed by atoms with Crippen LogP contribution in [0.25, 0.3) is 0 Å². The molecule has 102 valence electrons. The summed E-state index contributed by atoms with van der Waals surface area (Å²) in [5.74, 6) is 0. The minimum absolute atomic E-state index is 0.163. The van der Waals surface area contributed by atoms with Gasteiger partial charge in [-0.15, -0.1) is 0 Å². The molecule has 0 fully saturated rings. The zero-order chi connectivity index (χ0) is 13.0. The summed E-state index contributed by atoms with van der Waals surface area (Å²) in [5.41, 5.74) is 0.566. The van der Waals surface area contributed by atoms with E-state index in [0.717, 1.165) is 6.04 Å². The fraction of sp³-hybridized carbons (Fsp3) is 1.00. The van der Waals surface area contributed by atoms with E-state index in [0.29, 0.717) is 5.41 Å². The SMILES string of the molecule is CCCC(C)(C)CCCCCCCCC[Si]O. The molecule has 0 aromatic carbocycles. The maximum Gasteiger partial charge on any atom is 0.224 e. The molecule has 0 aliphatic rings. The molecule has 0 aliphatic carbocycles. The molecule has 0 aliphatic heterocycles. The summed E-state index contributed by atoms with van der Waals surface area (Å²) >= 11 is 0. The Morgan fingerprint density at radius 2 is 1.35 bits per heavy atom. The predicted octanol–water partition coefficient (Wildman–Crippen LogP) is 4.96. The second-order valence-electron chi connectivity index (χ2n) is 6.05. The van der Waals surface area contributed by atoms with Crippen molar-refractivity contribution in [2.45, 2.75) is 91.0 Å². The van der Waals surface area contributed by atoms with Crippen LogP contribution >= 0.6 is 0 Å². The van der Waals surface area contributed by atoms with E-state index in [-0.39, 0.29) is 9.76 Å². The van der Waals surface area contributed by atoms with Crippen molar-refractivity contribution in [1.29, 1.82) is 0 Å². The molecule has 0 heterocycles. The molecule has 0 atom stereocenters. The smallest absolute Gasteiger partial charge is 0.224 e. The minimum atomic E-state index is 0.163. The molecule has 0 rings (SSSR count). The lowest BCUT2D eigenvalue weighted by Gasteiger charge is -2.23. The Bertz CT molecular complexity index is 157. The minimum Gasteiger partial charge on any atom is -0.432 e. The highest BCUT2D eigenvalue weighted by atomic mass is 28.2. The van der Waals surface area contributed by atoms with E-state index in [1.165, 1.54) is 64.2 Å². The quantitative estimate of drug-likeness (QED) is 0.386. The fourth-order valence-corrected chi connectivity index (χ4v) is 2.90. The topological polar surface area (TPSA) is 20.2 Å². The second-order valence-corrected chi connectivity index (χ2v) is 6.86. The van der Waals surface area contributed by atoms with Crippen molar-refractivity contribution in [1.82, 2.24) is 0 Å². The van der Waals surface area contributed by atoms with Gasteiger partial charge >= 0.3 is 0 Å². The first-order valence-corrected chi connectivity index (χ1v) is 8.65. The van der Waals surface area contributed by atoms with Crippen LogP contribution in [0.2, 0.25) is 6.04 Å². The molecule has 2 heteroatoms. The lowest BCUT2D eigenvalue weighted by Crippen LogP contribution is -2.10. The van der Waals surface area contributed by atoms with Crippen molar-refractivity contribution in [3.05, 3.63) is 0 Å². The van der Waals surface area contributed by atoms with Crippen LogP contribution in [0.5, 0.6) is 0 Å². The molecule has 0 amide bonds. The Kier molecular flexibility index (Phi) is 11.4. The van der Waals surface area contributed by atoms with Gasteiger partial charge in [-0.1, -0.05) is 72.1 Å². The molecular formula is C15H32OSi. The third-order valence-corrected chi connectivity index (χ3v) is 4.15. The van der Waals surface area contributed by atoms with Gasteiger partial charge in [-0.25, -0.2) is 0 Å². The van der Waals surface area contributed by atoms with Crippen LogP contribution in [-0.2, 0) is 0 Å². The van der Waals surface area contributed by atoms with Crippen molar-refractivity contribution in [2.24, 2.45) is 5.41 Å². The Morgan fingerprint density at radius 1 is 0.824 bits per heavy atom. The molecule has 17 heavy (non-hydrogen) atoms. The summed E-state index contributed by atoms with van der Waals surface area (Å²) in [4.78, 5) is 8.69. The van der Waals surface area contributed by atoms with E-state index in [1.54, 1.807) is 0 Å². The van der Waals surface area contributed by atoms with Crippen molar-refractivity contribution < 1.29 is 4.80 Å². The van der Waals surface area contributed by atoms with Gasteiger partial charge in [0.1, 0.15) is 0 Å². The van der Waals surface area contributed by atoms with Crippen LogP contribution in [0.15, 0.2) is 0 Å². The number of hydrogen-bond donors (Lipinski definition) is 1. The summed E-state index contributed by atoms with van der Waals surface area (Å²) in [6.07, 6.45) is 13.6. The van der Waals surface area contributed by atoms with Crippen LogP contribution in [0.4, 0.5) is 0 Å². The van der Waals surface area contributed by atoms with Gasteiger partial charge in [0.2, 0.25) is 9.76 Å². The average Bonchev–Trinajstić information content (AvgIpc) is 2.27. The predicted molar refractivity (Wildman–Crippen MR) is 78.4 cm³/mol. The first-order valence-electron chi connectivity index (χ1n) is 7.49. The normalized spacial score (nSPS) is 12.0. The van der Waals surface area contributed by atoms with E-state index < -0.39 is 0 Å². The Morgan fingerprint density at radius 3 is 1.88 bits per heavy atom. The zero-order valence-electron chi connectivity index (χ0n) is 12.2. The molecule has 1 nitrogen and oxygen atoms in total. The molecule has 1 N–H and O–H groups in total. The second kappa shape index (κ2) is 11.3. The van der Waals surface area contributed by atoms with E-state index in [1.807, 2.05) is 0 Å². The van der Waals surface area contributed by atoms with Gasteiger partial charge < -0.3 is 4.80 Å². The molecule has 0 bridgehead atoms. The van der Waals surface area contributed by atoms with Gasteiger partial charge in [-0.05, 0) is 24.3 Å². The van der Waals surface area contributed by atoms with E-state index in [4.69, 9.17) is 4.80 Å². The fourth-order valence-electron chi connectivity index (χ4n) is 2.49. The van der Waals surface area contributed by atoms with Crippen molar-refractivity contribution in [2.75, 3.05) is 0 Å². The Balaban J connectivity index is 3.18. The van der Waals surface area contributed by atoms with Gasteiger partial charge in [-0.2, -0.15) is 0 Å². The Labute approximate surface area is 111 Å². The lowest BCUT2D eigenvalue weighted by molar-refractivity contribution is 0.291. The average molecular weight is 257 g/mol. The number of rotatable bonds is 12. The summed E-state index contributed by atoms with van der Waals surface area (Å²) in [7, 11) is 0.163. The van der Waals surface area contributed by atoms with Gasteiger partial charge in [0.15, 0.2) is 0 Å². The number of unbranched alkanes of at least 4 members (excludes halogenated alkanes) is 6. The molecular weight excluding hydrogens is 224 g/mol. The summed E-state index contributed by atoms with van der Waals surface area (Å²) < 4.78 is 0. The molecule has 0 saturated heterocycles. The number of hydrogen-bond acceptors (Lipinski definition) is 1. The summed E-state index contributed by atoms with van der Waals surface area (Å²) in [6, 6.07) is 1.02. The molecule has 0 unspecified atom stereocenters. The lowest BCUT2D eigenvalue weighted by atomic mass is 9.83. The van der Waals surface area contributed by atoms with Gasteiger partial charge in [0, 0.05) is 0 Å². The largest absolute Gasteiger partial charge is 0.432 e. The maximum absolute atomic E-state index is 8.69. The highest BCUT2D eigenvalue weighted by molar-refractivity contribution is 6.25. The highest BCUT2D eigenvalue weighted by Crippen LogP contribution is 2.29. The van der Waals surface area contributed by atoms with Crippen LogP contribution in [0.1, 0.15) is 85.0 Å². The van der Waals surface area contributed by atoms with E-state index in [9.17, 15) is 0 Å². The van der Waals surface area contributed by atoms with Crippen molar-refractivity contribution >= 4 is 9.76 Å². The summed E-state index contributed by atoms with van der Waals surface area (Å²) in [6.45, 7) is 7.10. The van der Waals surface area contributed by atoms with Crippen LogP contribution in [-0.4, -0.2) is 14.6 Å². The van der Waals surface area contributed by atoms with Gasteiger partial charge in [-0.3, -0.25) is 0 Å². The van der Waals surface area contributed by atoms with Crippen molar-refractivity contribution in [3.63, 3.8) is 0 Å². The third-order valence-electron chi connectivity index (χ3n) is 3.57. The zero-order valence-corrected chi connectivity index (χ0v) is 13.2. The first kappa shape index (κ1) is 17.2. The molecule has 2 radical (unpaired) electrons. The third kappa shape index (κ3) is 12.4. The first-order chi connectivity index (χ1) is 8.12. The molecule has 0 spiro atoms. The monoisotopic (exact) mass is 256 g/mol. The van der Waals surface area contributed by atoms with E-state index >= 15 is 0 Å². The van der Waals surface area contributed by atoms with Crippen LogP contribution in [0, 0.1) is 5.41 Å². The van der Waals surface area contributed by atoms with Gasteiger partial charge in [0.05, 0.1) is 0 Å². The Hall–Kier alpha value is 0.177. The standard InChI is InChI=1S/C15H32OSi/c1-4-12-15(2,3)13-10-8-6-5-7-9-11-14-17-16/h16H,4-14H2,1-3H3. The molecule has 0 aromatic rings. The van der Waals surface area contributed by atoms with Crippen molar-refractivity contribution in [3.8, 4) is 0 Å².